The number of likely N-dealkylation sites (tertiary alicyclic amines) is 1. The van der Waals surface area contributed by atoms with Crippen molar-refractivity contribution in [2.45, 2.75) is 57.8 Å². The highest BCUT2D eigenvalue weighted by Gasteiger charge is 2.61. The summed E-state index contributed by atoms with van der Waals surface area (Å²) in [5.74, 6) is -2.13. The number of imide groups is 1. The summed E-state index contributed by atoms with van der Waals surface area (Å²) in [5, 5.41) is 3.07. The van der Waals surface area contributed by atoms with E-state index in [1.165, 1.54) is 4.90 Å². The van der Waals surface area contributed by atoms with Crippen LogP contribution in [0.3, 0.4) is 0 Å². The van der Waals surface area contributed by atoms with Gasteiger partial charge < -0.3 is 14.4 Å². The second kappa shape index (κ2) is 7.24. The second-order valence-electron chi connectivity index (χ2n) is 6.70. The molecule has 8 heteroatoms. The minimum Gasteiger partial charge on any atom is -0.308 e. The first kappa shape index (κ1) is 18.1. The number of hydrogen-bond acceptors (Lipinski definition) is 6. The molecule has 3 fully saturated rings. The van der Waals surface area contributed by atoms with Crippen molar-refractivity contribution in [2.75, 3.05) is 19.8 Å². The van der Waals surface area contributed by atoms with Crippen LogP contribution in [-0.2, 0) is 23.2 Å². The first-order valence-electron chi connectivity index (χ1n) is 9.02. The lowest BCUT2D eigenvalue weighted by molar-refractivity contribution is -0.143. The summed E-state index contributed by atoms with van der Waals surface area (Å²) in [6.45, 7) is 4.32. The normalized spacial score (nSPS) is 31.8. The predicted molar refractivity (Wildman–Crippen MR) is 88.4 cm³/mol. The minimum absolute atomic E-state index is 0.00331. The Bertz CT molecular complexity index is 539. The van der Waals surface area contributed by atoms with Gasteiger partial charge in [0.2, 0.25) is 11.8 Å². The van der Waals surface area contributed by atoms with E-state index in [1.807, 2.05) is 0 Å². The molecule has 0 spiro atoms. The van der Waals surface area contributed by atoms with Crippen molar-refractivity contribution in [1.29, 1.82) is 0 Å². The van der Waals surface area contributed by atoms with Gasteiger partial charge in [0.1, 0.15) is 5.78 Å². The number of amides is 2. The Morgan fingerprint density at radius 1 is 1.08 bits per heavy atom. The van der Waals surface area contributed by atoms with E-state index >= 15 is 0 Å². The molecule has 1 N–H and O–H groups in total. The van der Waals surface area contributed by atoms with E-state index in [-0.39, 0.29) is 31.1 Å². The van der Waals surface area contributed by atoms with Crippen LogP contribution in [0.25, 0.3) is 0 Å². The average molecular weight is 358 g/mol. The topological polar surface area (TPSA) is 84.9 Å². The van der Waals surface area contributed by atoms with E-state index in [1.54, 1.807) is 13.8 Å². The zero-order chi connectivity index (χ0) is 17.3. The van der Waals surface area contributed by atoms with Crippen LogP contribution in [0.15, 0.2) is 0 Å². The fourth-order valence-electron chi connectivity index (χ4n) is 4.28. The molecule has 1 saturated carbocycles. The maximum absolute atomic E-state index is 13.1. The first-order valence-corrected chi connectivity index (χ1v) is 10.6. The van der Waals surface area contributed by atoms with Gasteiger partial charge in [-0.2, -0.15) is 0 Å². The molecule has 2 amide bonds. The third-order valence-corrected chi connectivity index (χ3v) is 7.72. The molecule has 0 radical (unpaired) electrons. The highest BCUT2D eigenvalue weighted by atomic mass is 31.2. The molecule has 1 aliphatic carbocycles. The molecule has 0 aromatic carbocycles. The molecular weight excluding hydrogens is 331 g/mol. The maximum atomic E-state index is 13.1. The summed E-state index contributed by atoms with van der Waals surface area (Å²) >= 11 is 0. The molecule has 7 nitrogen and oxygen atoms in total. The van der Waals surface area contributed by atoms with Gasteiger partial charge in [-0.05, 0) is 26.7 Å². The van der Waals surface area contributed by atoms with Gasteiger partial charge in [-0.3, -0.25) is 19.1 Å². The number of carbonyl (C=O) groups is 2. The molecule has 2 heterocycles. The van der Waals surface area contributed by atoms with Gasteiger partial charge in [-0.25, -0.2) is 0 Å². The fraction of sp³-hybridized carbons (Fsp3) is 0.875. The van der Waals surface area contributed by atoms with E-state index < -0.39 is 25.2 Å². The monoisotopic (exact) mass is 358 g/mol. The number of hydrogen-bond donors (Lipinski definition) is 1. The van der Waals surface area contributed by atoms with Crippen LogP contribution in [0, 0.1) is 11.8 Å². The van der Waals surface area contributed by atoms with Gasteiger partial charge in [0, 0.05) is 12.6 Å². The SMILES string of the molecule is CCOP(=O)(OCC)[C@@H]1NC[C@H]2C(=O)N(C3CCCCC3)C(=O)[C@@H]12. The van der Waals surface area contributed by atoms with Crippen molar-refractivity contribution in [3.8, 4) is 0 Å². The molecule has 0 aromatic heterocycles. The number of carbonyl (C=O) groups excluding carboxylic acids is 2. The van der Waals surface area contributed by atoms with Crippen LogP contribution in [0.5, 0.6) is 0 Å². The lowest BCUT2D eigenvalue weighted by atomic mass is 9.94. The van der Waals surface area contributed by atoms with Gasteiger partial charge in [0.15, 0.2) is 0 Å². The molecular formula is C16H27N2O5P. The predicted octanol–water partition coefficient (Wildman–Crippen LogP) is 2.12. The summed E-state index contributed by atoms with van der Waals surface area (Å²) in [5.41, 5.74) is 0. The van der Waals surface area contributed by atoms with Gasteiger partial charge >= 0.3 is 7.60 Å². The van der Waals surface area contributed by atoms with Crippen LogP contribution in [0.4, 0.5) is 0 Å². The molecule has 0 aromatic rings. The van der Waals surface area contributed by atoms with E-state index in [0.29, 0.717) is 6.54 Å². The summed E-state index contributed by atoms with van der Waals surface area (Å²) in [7, 11) is -3.48. The molecule has 2 saturated heterocycles. The Kier molecular flexibility index (Phi) is 5.45. The molecule has 24 heavy (non-hydrogen) atoms. The Labute approximate surface area is 143 Å². The summed E-state index contributed by atoms with van der Waals surface area (Å²) in [6, 6.07) is 0.00331. The minimum atomic E-state index is -3.48. The van der Waals surface area contributed by atoms with Crippen LogP contribution in [0.1, 0.15) is 46.0 Å². The quantitative estimate of drug-likeness (QED) is 0.578. The van der Waals surface area contributed by atoms with Gasteiger partial charge in [0.05, 0.1) is 25.0 Å². The van der Waals surface area contributed by atoms with Crippen molar-refractivity contribution in [1.82, 2.24) is 10.2 Å². The van der Waals surface area contributed by atoms with Crippen LogP contribution in [0.2, 0.25) is 0 Å². The van der Waals surface area contributed by atoms with Crippen LogP contribution < -0.4 is 5.32 Å². The molecule has 0 unspecified atom stereocenters. The molecule has 3 atom stereocenters. The molecule has 3 aliphatic rings. The molecule has 0 bridgehead atoms. The molecule has 2 aliphatic heterocycles. The largest absolute Gasteiger partial charge is 0.348 e. The summed E-state index contributed by atoms with van der Waals surface area (Å²) < 4.78 is 23.9. The number of nitrogens with one attached hydrogen (secondary N) is 1. The van der Waals surface area contributed by atoms with Crippen molar-refractivity contribution < 1.29 is 23.2 Å². The molecule has 136 valence electrons. The highest BCUT2D eigenvalue weighted by molar-refractivity contribution is 7.54. The third-order valence-electron chi connectivity index (χ3n) is 5.30. The van der Waals surface area contributed by atoms with E-state index in [2.05, 4.69) is 5.32 Å². The van der Waals surface area contributed by atoms with Crippen molar-refractivity contribution in [3.63, 3.8) is 0 Å². The van der Waals surface area contributed by atoms with E-state index in [4.69, 9.17) is 9.05 Å². The van der Waals surface area contributed by atoms with Crippen molar-refractivity contribution in [3.05, 3.63) is 0 Å². The maximum Gasteiger partial charge on any atom is 0.348 e. The van der Waals surface area contributed by atoms with Gasteiger partial charge in [0.25, 0.3) is 0 Å². The summed E-state index contributed by atoms with van der Waals surface area (Å²) in [4.78, 5) is 27.2. The Morgan fingerprint density at radius 2 is 1.71 bits per heavy atom. The zero-order valence-corrected chi connectivity index (χ0v) is 15.3. The van der Waals surface area contributed by atoms with E-state index in [0.717, 1.165) is 32.1 Å². The first-order chi connectivity index (χ1) is 11.5. The zero-order valence-electron chi connectivity index (χ0n) is 14.4. The Balaban J connectivity index is 1.84. The number of fused-ring (bicyclic) bond motifs is 1. The highest BCUT2D eigenvalue weighted by Crippen LogP contribution is 2.58. The average Bonchev–Trinajstić information content (AvgIpc) is 3.10. The Morgan fingerprint density at radius 3 is 2.29 bits per heavy atom. The third kappa shape index (κ3) is 2.96. The summed E-state index contributed by atoms with van der Waals surface area (Å²) in [6.07, 6.45) is 5.02. The molecule has 3 rings (SSSR count). The standard InChI is InChI=1S/C16H27N2O5P/c1-3-22-24(21,23-4-2)14-13-12(10-17-14)15(19)18(16(13)20)11-8-6-5-7-9-11/h11-14,17H,3-10H2,1-2H3/t12-,13-,14+/m1/s1. The van der Waals surface area contributed by atoms with Crippen LogP contribution in [-0.4, -0.2) is 48.3 Å². The van der Waals surface area contributed by atoms with Crippen molar-refractivity contribution >= 4 is 19.4 Å². The fourth-order valence-corrected chi connectivity index (χ4v) is 6.46. The number of rotatable bonds is 6. The lowest BCUT2D eigenvalue weighted by Crippen LogP contribution is -2.45. The lowest BCUT2D eigenvalue weighted by Gasteiger charge is -2.31. The van der Waals surface area contributed by atoms with Gasteiger partial charge in [-0.15, -0.1) is 0 Å². The smallest absolute Gasteiger partial charge is 0.308 e. The number of nitrogens with zero attached hydrogens (tertiary/aromatic N) is 1. The second-order valence-corrected chi connectivity index (χ2v) is 8.85. The van der Waals surface area contributed by atoms with Crippen molar-refractivity contribution in [2.24, 2.45) is 11.8 Å². The van der Waals surface area contributed by atoms with Crippen LogP contribution >= 0.6 is 7.60 Å². The Hall–Kier alpha value is -0.750. The van der Waals surface area contributed by atoms with Gasteiger partial charge in [-0.1, -0.05) is 19.3 Å². The van der Waals surface area contributed by atoms with E-state index in [9.17, 15) is 14.2 Å².